The predicted molar refractivity (Wildman–Crippen MR) is 101 cm³/mol. The molecule has 2 rings (SSSR count). The van der Waals surface area contributed by atoms with Crippen LogP contribution in [0.2, 0.25) is 0 Å². The van der Waals surface area contributed by atoms with Crippen LogP contribution in [0.4, 0.5) is 4.79 Å². The fourth-order valence-corrected chi connectivity index (χ4v) is 3.00. The number of nitrogens with one attached hydrogen (secondary N) is 1. The molecule has 2 aliphatic rings. The third-order valence-electron chi connectivity index (χ3n) is 4.21. The van der Waals surface area contributed by atoms with E-state index in [4.69, 9.17) is 14.4 Å². The van der Waals surface area contributed by atoms with Crippen molar-refractivity contribution in [2.24, 2.45) is 5.92 Å². The molecule has 9 nitrogen and oxygen atoms in total. The standard InChI is InChI=1S/C19H29N3O6/c1-7-8-27-22-14-9-12(2)15(21(10-14)18(22)25)16(23)20-26-11-13(3)17(24)28-19(4,5)6/h7,9,13-15H,1,8,10-11H2,2-6H3,(H,20,23)/t13-,14+,15-/m0/s1. The first-order valence-electron chi connectivity index (χ1n) is 9.21. The number of carbonyl (C=O) groups excluding carboxylic acids is 3. The molecule has 3 atom stereocenters. The van der Waals surface area contributed by atoms with E-state index in [-0.39, 0.29) is 25.3 Å². The summed E-state index contributed by atoms with van der Waals surface area (Å²) in [6.45, 7) is 12.8. The average Bonchev–Trinajstić information content (AvgIpc) is 2.82. The highest BCUT2D eigenvalue weighted by molar-refractivity contribution is 5.91. The van der Waals surface area contributed by atoms with Gasteiger partial charge in [0.05, 0.1) is 31.7 Å². The van der Waals surface area contributed by atoms with Gasteiger partial charge in [-0.3, -0.25) is 19.3 Å². The maximum absolute atomic E-state index is 12.6. The zero-order chi connectivity index (χ0) is 21.1. The molecule has 1 fully saturated rings. The second-order valence-corrected chi connectivity index (χ2v) is 7.94. The summed E-state index contributed by atoms with van der Waals surface area (Å²) in [5.74, 6) is -1.45. The Bertz CT molecular complexity index is 669. The first-order chi connectivity index (χ1) is 13.0. The number of esters is 1. The number of carbonyl (C=O) groups is 3. The van der Waals surface area contributed by atoms with E-state index in [2.05, 4.69) is 12.1 Å². The fourth-order valence-electron chi connectivity index (χ4n) is 3.00. The predicted octanol–water partition coefficient (Wildman–Crippen LogP) is 1.56. The maximum atomic E-state index is 12.6. The minimum Gasteiger partial charge on any atom is -0.460 e. The zero-order valence-corrected chi connectivity index (χ0v) is 17.1. The highest BCUT2D eigenvalue weighted by atomic mass is 16.7. The molecule has 0 radical (unpaired) electrons. The normalized spacial score (nSPS) is 22.6. The van der Waals surface area contributed by atoms with Gasteiger partial charge in [0.15, 0.2) is 0 Å². The van der Waals surface area contributed by atoms with Gasteiger partial charge in [0, 0.05) is 0 Å². The van der Waals surface area contributed by atoms with Crippen LogP contribution >= 0.6 is 0 Å². The Morgan fingerprint density at radius 3 is 2.71 bits per heavy atom. The van der Waals surface area contributed by atoms with Gasteiger partial charge in [0.2, 0.25) is 0 Å². The summed E-state index contributed by atoms with van der Waals surface area (Å²) >= 11 is 0. The maximum Gasteiger partial charge on any atom is 0.345 e. The van der Waals surface area contributed by atoms with Crippen molar-refractivity contribution in [3.63, 3.8) is 0 Å². The minimum absolute atomic E-state index is 0.0404. The highest BCUT2D eigenvalue weighted by Crippen LogP contribution is 2.29. The first-order valence-corrected chi connectivity index (χ1v) is 9.21. The van der Waals surface area contributed by atoms with Crippen LogP contribution in [0.25, 0.3) is 0 Å². The number of ether oxygens (including phenoxy) is 1. The minimum atomic E-state index is -0.794. The largest absolute Gasteiger partial charge is 0.460 e. The molecule has 2 heterocycles. The topological polar surface area (TPSA) is 97.4 Å². The molecule has 156 valence electrons. The van der Waals surface area contributed by atoms with Crippen molar-refractivity contribution in [3.8, 4) is 0 Å². The average molecular weight is 395 g/mol. The van der Waals surface area contributed by atoms with Crippen LogP contribution in [0.1, 0.15) is 34.6 Å². The van der Waals surface area contributed by atoms with Crippen LogP contribution in [0.15, 0.2) is 24.3 Å². The highest BCUT2D eigenvalue weighted by Gasteiger charge is 2.47. The number of hydroxylamine groups is 3. The van der Waals surface area contributed by atoms with Gasteiger partial charge < -0.3 is 9.64 Å². The summed E-state index contributed by atoms with van der Waals surface area (Å²) in [5.41, 5.74) is 2.46. The summed E-state index contributed by atoms with van der Waals surface area (Å²) in [6.07, 6.45) is 3.38. The van der Waals surface area contributed by atoms with Crippen molar-refractivity contribution in [3.05, 3.63) is 24.3 Å². The Kier molecular flexibility index (Phi) is 6.84. The Morgan fingerprint density at radius 2 is 2.11 bits per heavy atom. The molecule has 1 saturated heterocycles. The van der Waals surface area contributed by atoms with Crippen LogP contribution in [0, 0.1) is 5.92 Å². The molecule has 0 saturated carbocycles. The summed E-state index contributed by atoms with van der Waals surface area (Å²) in [4.78, 5) is 49.1. The molecule has 2 aliphatic heterocycles. The lowest BCUT2D eigenvalue weighted by Gasteiger charge is -2.29. The van der Waals surface area contributed by atoms with E-state index < -0.39 is 29.4 Å². The van der Waals surface area contributed by atoms with Crippen LogP contribution in [-0.2, 0) is 24.0 Å². The Morgan fingerprint density at radius 1 is 1.43 bits per heavy atom. The molecule has 9 heteroatoms. The summed E-state index contributed by atoms with van der Waals surface area (Å²) in [5, 5.41) is 1.25. The zero-order valence-electron chi connectivity index (χ0n) is 17.1. The quantitative estimate of drug-likeness (QED) is 0.381. The molecule has 0 aliphatic carbocycles. The molecule has 2 bridgehead atoms. The number of amides is 3. The molecule has 1 N–H and O–H groups in total. The Hall–Kier alpha value is -2.39. The van der Waals surface area contributed by atoms with E-state index >= 15 is 0 Å². The molecule has 0 aromatic carbocycles. The van der Waals surface area contributed by atoms with Crippen molar-refractivity contribution >= 4 is 17.9 Å². The lowest BCUT2D eigenvalue weighted by Crippen LogP contribution is -2.50. The molecule has 0 unspecified atom stereocenters. The second kappa shape index (κ2) is 8.74. The molecule has 0 aromatic heterocycles. The van der Waals surface area contributed by atoms with E-state index in [9.17, 15) is 14.4 Å². The van der Waals surface area contributed by atoms with E-state index in [1.54, 1.807) is 40.7 Å². The molecule has 0 spiro atoms. The van der Waals surface area contributed by atoms with E-state index in [1.807, 2.05) is 6.08 Å². The Labute approximate surface area is 165 Å². The van der Waals surface area contributed by atoms with Gasteiger partial charge in [-0.2, -0.15) is 5.06 Å². The number of hydrogen-bond acceptors (Lipinski definition) is 6. The van der Waals surface area contributed by atoms with E-state index in [0.717, 1.165) is 5.57 Å². The summed E-state index contributed by atoms with van der Waals surface area (Å²) in [7, 11) is 0. The van der Waals surface area contributed by atoms with Crippen LogP contribution in [0.5, 0.6) is 0 Å². The fraction of sp³-hybridized carbons (Fsp3) is 0.632. The first kappa shape index (κ1) is 21.9. The number of hydrogen-bond donors (Lipinski definition) is 1. The molecule has 0 aromatic rings. The van der Waals surface area contributed by atoms with Crippen LogP contribution in [0.3, 0.4) is 0 Å². The van der Waals surface area contributed by atoms with Gasteiger partial charge in [-0.1, -0.05) is 12.2 Å². The van der Waals surface area contributed by atoms with E-state index in [1.165, 1.54) is 9.96 Å². The van der Waals surface area contributed by atoms with Crippen molar-refractivity contribution in [1.29, 1.82) is 0 Å². The summed E-state index contributed by atoms with van der Waals surface area (Å²) < 4.78 is 5.27. The van der Waals surface area contributed by atoms with Gasteiger partial charge in [-0.05, 0) is 40.2 Å². The van der Waals surface area contributed by atoms with Crippen LogP contribution < -0.4 is 5.48 Å². The van der Waals surface area contributed by atoms with Gasteiger partial charge in [0.25, 0.3) is 5.91 Å². The SMILES string of the molecule is C=CCON1C(=O)N2C[C@H]1C=C(C)[C@H]2C(=O)NOC[C@H](C)C(=O)OC(C)(C)C. The Balaban J connectivity index is 1.90. The smallest absolute Gasteiger partial charge is 0.345 e. The third kappa shape index (κ3) is 5.11. The van der Waals surface area contributed by atoms with Gasteiger partial charge in [-0.15, -0.1) is 6.58 Å². The second-order valence-electron chi connectivity index (χ2n) is 7.94. The van der Waals surface area contributed by atoms with Gasteiger partial charge in [0.1, 0.15) is 11.6 Å². The van der Waals surface area contributed by atoms with Crippen molar-refractivity contribution in [2.75, 3.05) is 19.8 Å². The number of fused-ring (bicyclic) bond motifs is 2. The third-order valence-corrected chi connectivity index (χ3v) is 4.21. The van der Waals surface area contributed by atoms with Crippen molar-refractivity contribution in [2.45, 2.75) is 52.3 Å². The van der Waals surface area contributed by atoms with Crippen molar-refractivity contribution < 1.29 is 28.8 Å². The lowest BCUT2D eigenvalue weighted by molar-refractivity contribution is -0.164. The number of rotatable bonds is 8. The summed E-state index contributed by atoms with van der Waals surface area (Å²) in [6, 6.07) is -1.43. The molecule has 28 heavy (non-hydrogen) atoms. The molecule has 3 amide bonds. The van der Waals surface area contributed by atoms with Crippen LogP contribution in [-0.4, -0.2) is 65.3 Å². The van der Waals surface area contributed by atoms with E-state index in [0.29, 0.717) is 6.54 Å². The number of nitrogens with zero attached hydrogens (tertiary/aromatic N) is 2. The lowest BCUT2D eigenvalue weighted by atomic mass is 10.0. The van der Waals surface area contributed by atoms with Crippen molar-refractivity contribution in [1.82, 2.24) is 15.4 Å². The monoisotopic (exact) mass is 395 g/mol. The van der Waals surface area contributed by atoms with Gasteiger partial charge in [-0.25, -0.2) is 10.3 Å². The molecular formula is C19H29N3O6. The molecular weight excluding hydrogens is 366 g/mol. The van der Waals surface area contributed by atoms with Gasteiger partial charge >= 0.3 is 12.0 Å². The number of urea groups is 1.